The summed E-state index contributed by atoms with van der Waals surface area (Å²) < 4.78 is 7.02. The molecule has 2 aromatic rings. The molecule has 0 bridgehead atoms. The monoisotopic (exact) mass is 343 g/mol. The van der Waals surface area contributed by atoms with Crippen LogP contribution in [-0.2, 0) is 13.5 Å². The highest BCUT2D eigenvalue weighted by molar-refractivity contribution is 5.75. The van der Waals surface area contributed by atoms with Crippen LogP contribution in [-0.4, -0.2) is 45.4 Å². The van der Waals surface area contributed by atoms with Gasteiger partial charge in [0.05, 0.1) is 13.2 Å². The van der Waals surface area contributed by atoms with Gasteiger partial charge in [0.15, 0.2) is 5.82 Å². The fourth-order valence-electron chi connectivity index (χ4n) is 3.37. The molecule has 7 heteroatoms. The largest absolute Gasteiger partial charge is 0.497 e. The lowest BCUT2D eigenvalue weighted by Gasteiger charge is -2.26. The third-order valence-corrected chi connectivity index (χ3v) is 4.74. The van der Waals surface area contributed by atoms with Crippen LogP contribution in [0.3, 0.4) is 0 Å². The SMILES string of the molecule is COc1ccc(C[C@H]2CCCN2C(=O)N[C@@H](C)c2nncn2C)cc1. The number of aryl methyl sites for hydroxylation is 1. The molecule has 0 aliphatic carbocycles. The Labute approximate surface area is 148 Å². The maximum atomic E-state index is 12.7. The Morgan fingerprint density at radius 3 is 2.80 bits per heavy atom. The lowest BCUT2D eigenvalue weighted by Crippen LogP contribution is -2.44. The number of nitrogens with zero attached hydrogens (tertiary/aromatic N) is 4. The minimum atomic E-state index is -0.178. The number of amides is 2. The third kappa shape index (κ3) is 3.92. The quantitative estimate of drug-likeness (QED) is 0.904. The average molecular weight is 343 g/mol. The van der Waals surface area contributed by atoms with Crippen LogP contribution in [0, 0.1) is 0 Å². The number of hydrogen-bond donors (Lipinski definition) is 1. The second kappa shape index (κ2) is 7.55. The van der Waals surface area contributed by atoms with Crippen molar-refractivity contribution in [3.63, 3.8) is 0 Å². The molecular weight excluding hydrogens is 318 g/mol. The molecule has 1 aromatic heterocycles. The second-order valence-corrected chi connectivity index (χ2v) is 6.51. The molecule has 1 aliphatic rings. The average Bonchev–Trinajstić information content (AvgIpc) is 3.24. The van der Waals surface area contributed by atoms with Gasteiger partial charge in [-0.1, -0.05) is 12.1 Å². The Balaban J connectivity index is 1.62. The van der Waals surface area contributed by atoms with E-state index in [9.17, 15) is 4.79 Å². The highest BCUT2D eigenvalue weighted by Gasteiger charge is 2.30. The van der Waals surface area contributed by atoms with Crippen molar-refractivity contribution >= 4 is 6.03 Å². The van der Waals surface area contributed by atoms with Gasteiger partial charge in [-0.2, -0.15) is 0 Å². The van der Waals surface area contributed by atoms with E-state index < -0.39 is 0 Å². The smallest absolute Gasteiger partial charge is 0.318 e. The number of carbonyl (C=O) groups excluding carboxylic acids is 1. The summed E-state index contributed by atoms with van der Waals surface area (Å²) in [7, 11) is 3.54. The predicted molar refractivity (Wildman–Crippen MR) is 94.4 cm³/mol. The predicted octanol–water partition coefficient (Wildman–Crippen LogP) is 2.30. The number of ether oxygens (including phenoxy) is 1. The van der Waals surface area contributed by atoms with Crippen molar-refractivity contribution in [3.05, 3.63) is 42.0 Å². The first-order valence-electron chi connectivity index (χ1n) is 8.62. The maximum Gasteiger partial charge on any atom is 0.318 e. The Kier molecular flexibility index (Phi) is 5.21. The van der Waals surface area contributed by atoms with Crippen LogP contribution < -0.4 is 10.1 Å². The Hall–Kier alpha value is -2.57. The van der Waals surface area contributed by atoms with E-state index >= 15 is 0 Å². The standard InChI is InChI=1S/C18H25N5O2/c1-13(17-21-19-12-22(17)2)20-18(24)23-10-4-5-15(23)11-14-6-8-16(25-3)9-7-14/h6-9,12-13,15H,4-5,10-11H2,1-3H3,(H,20,24)/t13-,15+/m0/s1. The number of aromatic nitrogens is 3. The van der Waals surface area contributed by atoms with Crippen molar-refractivity contribution in [3.8, 4) is 5.75 Å². The van der Waals surface area contributed by atoms with E-state index in [0.717, 1.165) is 37.4 Å². The molecule has 0 radical (unpaired) electrons. The summed E-state index contributed by atoms with van der Waals surface area (Å²) in [4.78, 5) is 14.6. The van der Waals surface area contributed by atoms with Gasteiger partial charge in [0.1, 0.15) is 12.1 Å². The van der Waals surface area contributed by atoms with E-state index in [0.29, 0.717) is 0 Å². The number of nitrogens with one attached hydrogen (secondary N) is 1. The van der Waals surface area contributed by atoms with Gasteiger partial charge in [0, 0.05) is 19.6 Å². The van der Waals surface area contributed by atoms with Gasteiger partial charge in [0.2, 0.25) is 0 Å². The van der Waals surface area contributed by atoms with E-state index in [1.807, 2.05) is 35.6 Å². The lowest BCUT2D eigenvalue weighted by molar-refractivity contribution is 0.188. The second-order valence-electron chi connectivity index (χ2n) is 6.51. The molecule has 25 heavy (non-hydrogen) atoms. The summed E-state index contributed by atoms with van der Waals surface area (Å²) in [5.74, 6) is 1.60. The molecule has 2 atom stereocenters. The molecule has 0 saturated carbocycles. The normalized spacial score (nSPS) is 18.2. The highest BCUT2D eigenvalue weighted by Crippen LogP contribution is 2.23. The number of carbonyl (C=O) groups is 1. The van der Waals surface area contributed by atoms with Crippen LogP contribution in [0.25, 0.3) is 0 Å². The number of likely N-dealkylation sites (tertiary alicyclic amines) is 1. The third-order valence-electron chi connectivity index (χ3n) is 4.74. The maximum absolute atomic E-state index is 12.7. The van der Waals surface area contributed by atoms with Crippen LogP contribution >= 0.6 is 0 Å². The summed E-state index contributed by atoms with van der Waals surface area (Å²) in [6, 6.07) is 8.06. The van der Waals surface area contributed by atoms with Crippen LogP contribution in [0.5, 0.6) is 5.75 Å². The van der Waals surface area contributed by atoms with Gasteiger partial charge in [-0.05, 0) is 43.9 Å². The number of benzene rings is 1. The van der Waals surface area contributed by atoms with Gasteiger partial charge < -0.3 is 19.5 Å². The molecule has 1 aliphatic heterocycles. The number of hydrogen-bond acceptors (Lipinski definition) is 4. The fraction of sp³-hybridized carbons (Fsp3) is 0.500. The first-order chi connectivity index (χ1) is 12.1. The summed E-state index contributed by atoms with van der Waals surface area (Å²) in [6.45, 7) is 2.72. The van der Waals surface area contributed by atoms with Crippen molar-refractivity contribution in [2.75, 3.05) is 13.7 Å². The van der Waals surface area contributed by atoms with Crippen molar-refractivity contribution in [2.24, 2.45) is 7.05 Å². The minimum Gasteiger partial charge on any atom is -0.497 e. The van der Waals surface area contributed by atoms with Gasteiger partial charge >= 0.3 is 6.03 Å². The molecule has 2 amide bonds. The molecule has 7 nitrogen and oxygen atoms in total. The van der Waals surface area contributed by atoms with Crippen LogP contribution in [0.1, 0.15) is 37.2 Å². The van der Waals surface area contributed by atoms with Crippen LogP contribution in [0.15, 0.2) is 30.6 Å². The number of urea groups is 1. The molecule has 0 spiro atoms. The van der Waals surface area contributed by atoms with Crippen molar-refractivity contribution in [1.82, 2.24) is 25.0 Å². The first-order valence-corrected chi connectivity index (χ1v) is 8.62. The summed E-state index contributed by atoms with van der Waals surface area (Å²) in [6.07, 6.45) is 4.56. The molecule has 1 aromatic carbocycles. The molecule has 2 heterocycles. The molecule has 3 rings (SSSR count). The zero-order chi connectivity index (χ0) is 17.8. The molecule has 134 valence electrons. The topological polar surface area (TPSA) is 72.3 Å². The van der Waals surface area contributed by atoms with E-state index in [1.165, 1.54) is 5.56 Å². The van der Waals surface area contributed by atoms with E-state index in [2.05, 4.69) is 27.6 Å². The Morgan fingerprint density at radius 1 is 1.40 bits per heavy atom. The number of rotatable bonds is 5. The van der Waals surface area contributed by atoms with Crippen molar-refractivity contribution < 1.29 is 9.53 Å². The summed E-state index contributed by atoms with van der Waals surface area (Å²) >= 11 is 0. The van der Waals surface area contributed by atoms with E-state index in [1.54, 1.807) is 13.4 Å². The Bertz CT molecular complexity index is 713. The molecule has 0 unspecified atom stereocenters. The van der Waals surface area contributed by atoms with Crippen LogP contribution in [0.2, 0.25) is 0 Å². The van der Waals surface area contributed by atoms with Gasteiger partial charge in [-0.25, -0.2) is 4.79 Å². The first kappa shape index (κ1) is 17.3. The van der Waals surface area contributed by atoms with Crippen LogP contribution in [0.4, 0.5) is 4.79 Å². The van der Waals surface area contributed by atoms with Gasteiger partial charge in [-0.3, -0.25) is 0 Å². The number of methoxy groups -OCH3 is 1. The van der Waals surface area contributed by atoms with E-state index in [4.69, 9.17) is 4.74 Å². The lowest BCUT2D eigenvalue weighted by atomic mass is 10.0. The molecular formula is C18H25N5O2. The van der Waals surface area contributed by atoms with Gasteiger partial charge in [-0.15, -0.1) is 10.2 Å². The zero-order valence-electron chi connectivity index (χ0n) is 15.0. The van der Waals surface area contributed by atoms with E-state index in [-0.39, 0.29) is 18.1 Å². The van der Waals surface area contributed by atoms with Crippen molar-refractivity contribution in [2.45, 2.75) is 38.3 Å². The Morgan fingerprint density at radius 2 is 2.16 bits per heavy atom. The molecule has 1 N–H and O–H groups in total. The highest BCUT2D eigenvalue weighted by atomic mass is 16.5. The van der Waals surface area contributed by atoms with Gasteiger partial charge in [0.25, 0.3) is 0 Å². The zero-order valence-corrected chi connectivity index (χ0v) is 15.0. The molecule has 1 saturated heterocycles. The fourth-order valence-corrected chi connectivity index (χ4v) is 3.37. The van der Waals surface area contributed by atoms with Crippen molar-refractivity contribution in [1.29, 1.82) is 0 Å². The summed E-state index contributed by atoms with van der Waals surface area (Å²) in [5, 5.41) is 11.0. The minimum absolute atomic E-state index is 0.0356. The summed E-state index contributed by atoms with van der Waals surface area (Å²) in [5.41, 5.74) is 1.21. The molecule has 1 fully saturated rings.